The van der Waals surface area contributed by atoms with Gasteiger partial charge >= 0.3 is 5.97 Å². The number of ether oxygens (including phenoxy) is 1. The van der Waals surface area contributed by atoms with Crippen molar-refractivity contribution in [1.82, 2.24) is 0 Å². The van der Waals surface area contributed by atoms with Crippen LogP contribution in [-0.4, -0.2) is 12.1 Å². The molecule has 3 aliphatic rings. The van der Waals surface area contributed by atoms with Crippen molar-refractivity contribution in [3.8, 4) is 0 Å². The molecule has 20 heavy (non-hydrogen) atoms. The van der Waals surface area contributed by atoms with Crippen molar-refractivity contribution < 1.29 is 9.53 Å². The van der Waals surface area contributed by atoms with E-state index in [1.807, 2.05) is 0 Å². The van der Waals surface area contributed by atoms with Crippen LogP contribution in [0.25, 0.3) is 0 Å². The Hall–Kier alpha value is -0.530. The van der Waals surface area contributed by atoms with Crippen molar-refractivity contribution in [2.24, 2.45) is 23.7 Å². The smallest absolute Gasteiger partial charge is 0.309 e. The van der Waals surface area contributed by atoms with Crippen LogP contribution in [0, 0.1) is 23.7 Å². The highest BCUT2D eigenvalue weighted by Gasteiger charge is 2.39. The van der Waals surface area contributed by atoms with Crippen LogP contribution in [0.2, 0.25) is 0 Å². The fourth-order valence-corrected chi connectivity index (χ4v) is 4.93. The maximum atomic E-state index is 10.9. The molecule has 1 aliphatic heterocycles. The third-order valence-electron chi connectivity index (χ3n) is 6.25. The molecule has 1 heterocycles. The number of hydrogen-bond donors (Lipinski definition) is 0. The molecule has 2 saturated carbocycles. The summed E-state index contributed by atoms with van der Waals surface area (Å²) in [6, 6.07) is 0. The Labute approximate surface area is 123 Å². The van der Waals surface area contributed by atoms with Gasteiger partial charge in [-0.05, 0) is 62.2 Å². The number of carbonyl (C=O) groups excluding carboxylic acids is 1. The minimum atomic E-state index is 0.0198. The summed E-state index contributed by atoms with van der Waals surface area (Å²) in [7, 11) is 0. The highest BCUT2D eigenvalue weighted by molar-refractivity contribution is 5.75. The maximum absolute atomic E-state index is 10.9. The van der Waals surface area contributed by atoms with Gasteiger partial charge in [-0.3, -0.25) is 4.79 Å². The Balaban J connectivity index is 1.39. The Morgan fingerprint density at radius 3 is 1.90 bits per heavy atom. The second-order valence-electron chi connectivity index (χ2n) is 7.48. The van der Waals surface area contributed by atoms with E-state index in [9.17, 15) is 4.79 Å². The van der Waals surface area contributed by atoms with Crippen LogP contribution in [0.3, 0.4) is 0 Å². The number of carbonyl (C=O) groups is 1. The molecule has 0 aromatic rings. The normalized spacial score (nSPS) is 41.9. The lowest BCUT2D eigenvalue weighted by Crippen LogP contribution is -2.41. The standard InChI is InChI=1S/C18H30O2/c1-2-3-13-4-6-14(7-5-13)15-8-10-16(11-9-15)17-12-18(19)20-17/h13-17H,2-12H2,1H3. The molecule has 114 valence electrons. The molecule has 1 saturated heterocycles. The molecule has 2 aliphatic carbocycles. The molecule has 0 radical (unpaired) electrons. The zero-order valence-corrected chi connectivity index (χ0v) is 13.0. The van der Waals surface area contributed by atoms with Crippen LogP contribution >= 0.6 is 0 Å². The summed E-state index contributed by atoms with van der Waals surface area (Å²) in [6.45, 7) is 2.32. The molecule has 3 rings (SSSR count). The summed E-state index contributed by atoms with van der Waals surface area (Å²) in [5.41, 5.74) is 0. The molecule has 0 spiro atoms. The van der Waals surface area contributed by atoms with E-state index >= 15 is 0 Å². The Morgan fingerprint density at radius 1 is 0.900 bits per heavy atom. The van der Waals surface area contributed by atoms with Gasteiger partial charge in [0.05, 0.1) is 6.42 Å². The first kappa shape index (κ1) is 14.4. The number of cyclic esters (lactones) is 1. The fraction of sp³-hybridized carbons (Fsp3) is 0.944. The van der Waals surface area contributed by atoms with E-state index in [2.05, 4.69) is 6.92 Å². The number of hydrogen-bond acceptors (Lipinski definition) is 2. The van der Waals surface area contributed by atoms with Crippen LogP contribution in [0.15, 0.2) is 0 Å². The van der Waals surface area contributed by atoms with E-state index in [-0.39, 0.29) is 12.1 Å². The second-order valence-corrected chi connectivity index (χ2v) is 7.48. The zero-order chi connectivity index (χ0) is 13.9. The lowest BCUT2D eigenvalue weighted by Gasteiger charge is -2.41. The van der Waals surface area contributed by atoms with Gasteiger partial charge in [-0.2, -0.15) is 0 Å². The van der Waals surface area contributed by atoms with E-state index in [0.29, 0.717) is 12.3 Å². The lowest BCUT2D eigenvalue weighted by molar-refractivity contribution is -0.176. The minimum Gasteiger partial charge on any atom is -0.461 e. The topological polar surface area (TPSA) is 26.3 Å². The predicted octanol–water partition coefficient (Wildman–Crippen LogP) is 4.71. The van der Waals surface area contributed by atoms with Crippen molar-refractivity contribution in [1.29, 1.82) is 0 Å². The highest BCUT2D eigenvalue weighted by Crippen LogP contribution is 2.44. The molecule has 0 bridgehead atoms. The van der Waals surface area contributed by atoms with Gasteiger partial charge < -0.3 is 4.74 Å². The molecule has 2 nitrogen and oxygen atoms in total. The first-order valence-corrected chi connectivity index (χ1v) is 8.95. The van der Waals surface area contributed by atoms with Gasteiger partial charge in [-0.25, -0.2) is 0 Å². The van der Waals surface area contributed by atoms with Gasteiger partial charge in [0, 0.05) is 0 Å². The van der Waals surface area contributed by atoms with Gasteiger partial charge in [-0.1, -0.05) is 32.6 Å². The maximum Gasteiger partial charge on any atom is 0.309 e. The molecule has 0 amide bonds. The minimum absolute atomic E-state index is 0.0198. The van der Waals surface area contributed by atoms with Crippen LogP contribution in [0.5, 0.6) is 0 Å². The van der Waals surface area contributed by atoms with Crippen LogP contribution < -0.4 is 0 Å². The van der Waals surface area contributed by atoms with Crippen molar-refractivity contribution in [2.45, 2.75) is 83.7 Å². The van der Waals surface area contributed by atoms with Gasteiger partial charge in [0.15, 0.2) is 0 Å². The van der Waals surface area contributed by atoms with Crippen LogP contribution in [-0.2, 0) is 9.53 Å². The SMILES string of the molecule is CCCC1CCC(C2CCC(C3CC(=O)O3)CC2)CC1. The van der Waals surface area contributed by atoms with Crippen molar-refractivity contribution >= 4 is 5.97 Å². The largest absolute Gasteiger partial charge is 0.461 e. The molecular formula is C18H30O2. The van der Waals surface area contributed by atoms with Crippen LogP contribution in [0.1, 0.15) is 77.6 Å². The van der Waals surface area contributed by atoms with Crippen molar-refractivity contribution in [3.63, 3.8) is 0 Å². The Bertz CT molecular complexity index is 314. The van der Waals surface area contributed by atoms with Crippen LogP contribution in [0.4, 0.5) is 0 Å². The summed E-state index contributed by atoms with van der Waals surface area (Å²) < 4.78 is 5.26. The quantitative estimate of drug-likeness (QED) is 0.696. The molecule has 2 heteroatoms. The van der Waals surface area contributed by atoms with E-state index in [1.54, 1.807) is 0 Å². The predicted molar refractivity (Wildman–Crippen MR) is 80.3 cm³/mol. The van der Waals surface area contributed by atoms with Crippen molar-refractivity contribution in [3.05, 3.63) is 0 Å². The molecule has 0 N–H and O–H groups in total. The monoisotopic (exact) mass is 278 g/mol. The summed E-state index contributed by atoms with van der Waals surface area (Å²) in [5, 5.41) is 0. The summed E-state index contributed by atoms with van der Waals surface area (Å²) in [6.07, 6.45) is 15.1. The molecule has 0 aromatic carbocycles. The first-order valence-electron chi connectivity index (χ1n) is 8.95. The van der Waals surface area contributed by atoms with Gasteiger partial charge in [0.2, 0.25) is 0 Å². The number of rotatable bonds is 4. The van der Waals surface area contributed by atoms with Gasteiger partial charge in [0.25, 0.3) is 0 Å². The lowest BCUT2D eigenvalue weighted by atomic mass is 9.67. The van der Waals surface area contributed by atoms with Gasteiger partial charge in [-0.15, -0.1) is 0 Å². The Morgan fingerprint density at radius 2 is 1.40 bits per heavy atom. The average Bonchev–Trinajstić information content (AvgIpc) is 2.46. The first-order chi connectivity index (χ1) is 9.76. The molecule has 0 aromatic heterocycles. The third kappa shape index (κ3) is 3.20. The second kappa shape index (κ2) is 6.49. The van der Waals surface area contributed by atoms with E-state index < -0.39 is 0 Å². The molecule has 3 fully saturated rings. The number of esters is 1. The summed E-state index contributed by atoms with van der Waals surface area (Å²) in [5.74, 6) is 3.71. The van der Waals surface area contributed by atoms with E-state index in [4.69, 9.17) is 4.74 Å². The van der Waals surface area contributed by atoms with Gasteiger partial charge in [0.1, 0.15) is 6.10 Å². The Kier molecular flexibility index (Phi) is 4.68. The molecule has 1 unspecified atom stereocenters. The molecule has 1 atom stereocenters. The zero-order valence-electron chi connectivity index (χ0n) is 13.0. The van der Waals surface area contributed by atoms with Crippen molar-refractivity contribution in [2.75, 3.05) is 0 Å². The third-order valence-corrected chi connectivity index (χ3v) is 6.25. The summed E-state index contributed by atoms with van der Waals surface area (Å²) in [4.78, 5) is 10.9. The van der Waals surface area contributed by atoms with E-state index in [0.717, 1.165) is 17.8 Å². The van der Waals surface area contributed by atoms with E-state index in [1.165, 1.54) is 64.2 Å². The molecular weight excluding hydrogens is 248 g/mol. The fourth-order valence-electron chi connectivity index (χ4n) is 4.93. The summed E-state index contributed by atoms with van der Waals surface area (Å²) >= 11 is 0. The average molecular weight is 278 g/mol. The highest BCUT2D eigenvalue weighted by atomic mass is 16.6.